The lowest BCUT2D eigenvalue weighted by atomic mass is 10.1. The molecule has 2 aromatic rings. The number of hydrogen-bond donors (Lipinski definition) is 3. The molecule has 0 aliphatic rings. The van der Waals surface area contributed by atoms with Crippen LogP contribution in [0.5, 0.6) is 0 Å². The fraction of sp³-hybridized carbons (Fsp3) is 0.353. The summed E-state index contributed by atoms with van der Waals surface area (Å²) in [7, 11) is 0. The molecule has 7 nitrogen and oxygen atoms in total. The second-order valence-corrected chi connectivity index (χ2v) is 5.76. The quantitative estimate of drug-likeness (QED) is 0.687. The largest absolute Gasteiger partial charge is 0.443 e. The van der Waals surface area contributed by atoms with E-state index in [9.17, 15) is 9.59 Å². The highest BCUT2D eigenvalue weighted by molar-refractivity contribution is 5.87. The first-order valence-corrected chi connectivity index (χ1v) is 7.76. The molecule has 1 aromatic carbocycles. The normalized spacial score (nSPS) is 11.5. The SMILES string of the molecule is CC(C)[C@H](N)C(=O)NCC(=O)NCc1ncoc1-c1ccccc1.Cl. The number of aromatic nitrogens is 1. The molecule has 0 bridgehead atoms. The molecule has 0 aliphatic carbocycles. The van der Waals surface area contributed by atoms with Gasteiger partial charge in [0.2, 0.25) is 11.8 Å². The van der Waals surface area contributed by atoms with Crippen molar-refractivity contribution in [1.29, 1.82) is 0 Å². The molecule has 0 saturated carbocycles. The van der Waals surface area contributed by atoms with Crippen LogP contribution < -0.4 is 16.4 Å². The maximum atomic E-state index is 11.9. The molecule has 0 unspecified atom stereocenters. The van der Waals surface area contributed by atoms with Gasteiger partial charge in [-0.1, -0.05) is 44.2 Å². The van der Waals surface area contributed by atoms with Crippen molar-refractivity contribution in [1.82, 2.24) is 15.6 Å². The summed E-state index contributed by atoms with van der Waals surface area (Å²) < 4.78 is 5.39. The fourth-order valence-electron chi connectivity index (χ4n) is 2.05. The van der Waals surface area contributed by atoms with Crippen molar-refractivity contribution in [2.24, 2.45) is 11.7 Å². The summed E-state index contributed by atoms with van der Waals surface area (Å²) in [6, 6.07) is 8.88. The summed E-state index contributed by atoms with van der Waals surface area (Å²) in [5.74, 6) is -0.0359. The van der Waals surface area contributed by atoms with Gasteiger partial charge >= 0.3 is 0 Å². The molecular formula is C17H23ClN4O3. The number of nitrogens with one attached hydrogen (secondary N) is 2. The molecule has 0 fully saturated rings. The smallest absolute Gasteiger partial charge is 0.239 e. The molecule has 8 heteroatoms. The minimum atomic E-state index is -0.627. The second kappa shape index (κ2) is 9.80. The van der Waals surface area contributed by atoms with Gasteiger partial charge in [0.1, 0.15) is 5.69 Å². The summed E-state index contributed by atoms with van der Waals surface area (Å²) in [5.41, 5.74) is 7.22. The highest BCUT2D eigenvalue weighted by Crippen LogP contribution is 2.22. The average Bonchev–Trinajstić information content (AvgIpc) is 3.06. The second-order valence-electron chi connectivity index (χ2n) is 5.76. The van der Waals surface area contributed by atoms with Crippen molar-refractivity contribution in [3.8, 4) is 11.3 Å². The summed E-state index contributed by atoms with van der Waals surface area (Å²) >= 11 is 0. The van der Waals surface area contributed by atoms with E-state index in [0.29, 0.717) is 11.5 Å². The lowest BCUT2D eigenvalue weighted by molar-refractivity contribution is -0.127. The Morgan fingerprint density at radius 3 is 2.52 bits per heavy atom. The average molecular weight is 367 g/mol. The van der Waals surface area contributed by atoms with Gasteiger partial charge in [-0.3, -0.25) is 9.59 Å². The summed E-state index contributed by atoms with van der Waals surface area (Å²) in [6.07, 6.45) is 1.34. The minimum absolute atomic E-state index is 0. The van der Waals surface area contributed by atoms with E-state index in [1.165, 1.54) is 6.39 Å². The number of halogens is 1. The number of nitrogens with zero attached hydrogens (tertiary/aromatic N) is 1. The van der Waals surface area contributed by atoms with Gasteiger partial charge in [-0.05, 0) is 5.92 Å². The van der Waals surface area contributed by atoms with Crippen LogP contribution in [0, 0.1) is 5.92 Å². The number of benzene rings is 1. The molecular weight excluding hydrogens is 344 g/mol. The van der Waals surface area contributed by atoms with Crippen molar-refractivity contribution >= 4 is 24.2 Å². The van der Waals surface area contributed by atoms with Crippen LogP contribution >= 0.6 is 12.4 Å². The zero-order chi connectivity index (χ0) is 17.5. The van der Waals surface area contributed by atoms with E-state index in [4.69, 9.17) is 10.2 Å². The topological polar surface area (TPSA) is 110 Å². The number of rotatable bonds is 7. The van der Waals surface area contributed by atoms with Gasteiger partial charge in [0.15, 0.2) is 12.2 Å². The molecule has 0 spiro atoms. The first-order chi connectivity index (χ1) is 11.5. The molecule has 1 atom stereocenters. The zero-order valence-corrected chi connectivity index (χ0v) is 15.0. The van der Waals surface area contributed by atoms with Crippen LogP contribution in [0.3, 0.4) is 0 Å². The Bertz CT molecular complexity index is 688. The molecule has 4 N–H and O–H groups in total. The number of carbonyl (C=O) groups is 2. The Balaban J connectivity index is 0.00000312. The maximum Gasteiger partial charge on any atom is 0.239 e. The van der Waals surface area contributed by atoms with Crippen LogP contribution in [0.25, 0.3) is 11.3 Å². The number of carbonyl (C=O) groups excluding carboxylic acids is 2. The van der Waals surface area contributed by atoms with E-state index >= 15 is 0 Å². The van der Waals surface area contributed by atoms with Gasteiger partial charge in [-0.15, -0.1) is 12.4 Å². The first-order valence-electron chi connectivity index (χ1n) is 7.76. The Morgan fingerprint density at radius 1 is 1.20 bits per heavy atom. The van der Waals surface area contributed by atoms with Crippen molar-refractivity contribution in [3.05, 3.63) is 42.4 Å². The van der Waals surface area contributed by atoms with Crippen molar-refractivity contribution in [3.63, 3.8) is 0 Å². The Labute approximate surface area is 152 Å². The highest BCUT2D eigenvalue weighted by atomic mass is 35.5. The van der Waals surface area contributed by atoms with Crippen LogP contribution in [0.15, 0.2) is 41.1 Å². The summed E-state index contributed by atoms with van der Waals surface area (Å²) in [4.78, 5) is 27.7. The predicted molar refractivity (Wildman–Crippen MR) is 96.9 cm³/mol. The van der Waals surface area contributed by atoms with Crippen LogP contribution in [0.4, 0.5) is 0 Å². The molecule has 1 heterocycles. The molecule has 0 aliphatic heterocycles. The third-order valence-electron chi connectivity index (χ3n) is 3.57. The standard InChI is InChI=1S/C17H22N4O3.ClH/c1-11(2)15(18)17(23)20-9-14(22)19-8-13-16(24-10-21-13)12-6-4-3-5-7-12;/h3-7,10-11,15H,8-9,18H2,1-2H3,(H,19,22)(H,20,23);1H/t15-;/m0./s1. The van der Waals surface area contributed by atoms with Crippen LogP contribution in [-0.2, 0) is 16.1 Å². The number of oxazole rings is 1. The Morgan fingerprint density at radius 2 is 1.88 bits per heavy atom. The van der Waals surface area contributed by atoms with Crippen LogP contribution in [0.1, 0.15) is 19.5 Å². The van der Waals surface area contributed by atoms with E-state index in [1.807, 2.05) is 44.2 Å². The van der Waals surface area contributed by atoms with Crippen molar-refractivity contribution in [2.45, 2.75) is 26.4 Å². The van der Waals surface area contributed by atoms with Gasteiger partial charge in [-0.2, -0.15) is 0 Å². The van der Waals surface area contributed by atoms with Gasteiger partial charge in [0.05, 0.1) is 19.1 Å². The van der Waals surface area contributed by atoms with E-state index in [2.05, 4.69) is 15.6 Å². The van der Waals surface area contributed by atoms with Gasteiger partial charge in [0.25, 0.3) is 0 Å². The monoisotopic (exact) mass is 366 g/mol. The number of hydrogen-bond acceptors (Lipinski definition) is 5. The van der Waals surface area contributed by atoms with E-state index < -0.39 is 6.04 Å². The summed E-state index contributed by atoms with van der Waals surface area (Å²) in [5, 5.41) is 5.22. The molecule has 25 heavy (non-hydrogen) atoms. The van der Waals surface area contributed by atoms with E-state index in [0.717, 1.165) is 5.56 Å². The van der Waals surface area contributed by atoms with Crippen LogP contribution in [0.2, 0.25) is 0 Å². The zero-order valence-electron chi connectivity index (χ0n) is 14.2. The van der Waals surface area contributed by atoms with Gasteiger partial charge < -0.3 is 20.8 Å². The lowest BCUT2D eigenvalue weighted by Crippen LogP contribution is -2.47. The molecule has 1 aromatic heterocycles. The lowest BCUT2D eigenvalue weighted by Gasteiger charge is -2.15. The third-order valence-corrected chi connectivity index (χ3v) is 3.57. The molecule has 0 radical (unpaired) electrons. The van der Waals surface area contributed by atoms with Gasteiger partial charge in [-0.25, -0.2) is 4.98 Å². The summed E-state index contributed by atoms with van der Waals surface area (Å²) in [6.45, 7) is 3.78. The Kier molecular flexibility index (Phi) is 8.10. The Hall–Kier alpha value is -2.38. The molecule has 2 amide bonds. The first kappa shape index (κ1) is 20.7. The fourth-order valence-corrected chi connectivity index (χ4v) is 2.05. The van der Waals surface area contributed by atoms with E-state index in [1.54, 1.807) is 0 Å². The van der Waals surface area contributed by atoms with E-state index in [-0.39, 0.29) is 43.2 Å². The van der Waals surface area contributed by atoms with Crippen molar-refractivity contribution in [2.75, 3.05) is 6.54 Å². The number of nitrogens with two attached hydrogens (primary N) is 1. The maximum absolute atomic E-state index is 11.9. The van der Waals surface area contributed by atoms with Crippen LogP contribution in [-0.4, -0.2) is 29.4 Å². The third kappa shape index (κ3) is 5.88. The van der Waals surface area contributed by atoms with Crippen molar-refractivity contribution < 1.29 is 14.0 Å². The van der Waals surface area contributed by atoms with Gasteiger partial charge in [0, 0.05) is 5.56 Å². The molecule has 136 valence electrons. The predicted octanol–water partition coefficient (Wildman–Crippen LogP) is 1.48. The molecule has 2 rings (SSSR count). The molecule has 0 saturated heterocycles. The highest BCUT2D eigenvalue weighted by Gasteiger charge is 2.18. The number of amides is 2. The minimum Gasteiger partial charge on any atom is -0.443 e.